The van der Waals surface area contributed by atoms with Gasteiger partial charge in [0.05, 0.1) is 48.9 Å². The topological polar surface area (TPSA) is 98.0 Å². The Bertz CT molecular complexity index is 1230. The van der Waals surface area contributed by atoms with Crippen molar-refractivity contribution < 1.29 is 14.2 Å². The maximum absolute atomic E-state index is 13.2. The van der Waals surface area contributed by atoms with Crippen molar-refractivity contribution in [2.24, 2.45) is 0 Å². The summed E-state index contributed by atoms with van der Waals surface area (Å²) in [6.45, 7) is 3.60. The number of pyridine rings is 1. The second-order valence-corrected chi connectivity index (χ2v) is 7.31. The average molecular weight is 434 g/mol. The first kappa shape index (κ1) is 21.4. The Balaban J connectivity index is 1.61. The van der Waals surface area contributed by atoms with E-state index in [0.717, 1.165) is 16.9 Å². The monoisotopic (exact) mass is 434 g/mol. The van der Waals surface area contributed by atoms with Crippen LogP contribution in [0, 0.1) is 12.7 Å². The molecule has 0 saturated carbocycles. The molecule has 0 spiro atoms. The van der Waals surface area contributed by atoms with Gasteiger partial charge in [-0.1, -0.05) is 12.1 Å². The van der Waals surface area contributed by atoms with Crippen LogP contribution in [0.2, 0.25) is 0 Å². The van der Waals surface area contributed by atoms with E-state index in [2.05, 4.69) is 25.5 Å². The summed E-state index contributed by atoms with van der Waals surface area (Å²) in [5.41, 5.74) is 4.06. The summed E-state index contributed by atoms with van der Waals surface area (Å²) < 4.78 is 20.5. The Hall–Kier alpha value is -3.85. The molecule has 0 aliphatic rings. The van der Waals surface area contributed by atoms with Gasteiger partial charge in [0.15, 0.2) is 11.6 Å². The van der Waals surface area contributed by atoms with Gasteiger partial charge in [-0.3, -0.25) is 0 Å². The lowest BCUT2D eigenvalue weighted by molar-refractivity contribution is 0.276. The van der Waals surface area contributed by atoms with E-state index in [9.17, 15) is 9.50 Å². The number of ether oxygens (including phenoxy) is 1. The van der Waals surface area contributed by atoms with Crippen molar-refractivity contribution in [1.29, 1.82) is 0 Å². The van der Waals surface area contributed by atoms with Crippen LogP contribution >= 0.6 is 0 Å². The van der Waals surface area contributed by atoms with Crippen molar-refractivity contribution in [3.63, 3.8) is 0 Å². The van der Waals surface area contributed by atoms with Crippen molar-refractivity contribution in [2.75, 3.05) is 12.4 Å². The lowest BCUT2D eigenvalue weighted by atomic mass is 10.1. The number of nitrogens with one attached hydrogen (secondary N) is 1. The molecule has 0 unspecified atom stereocenters. The van der Waals surface area contributed by atoms with Gasteiger partial charge in [0.2, 0.25) is 0 Å². The molecule has 0 fully saturated rings. The third-order valence-electron chi connectivity index (χ3n) is 5.05. The zero-order chi connectivity index (χ0) is 22.7. The van der Waals surface area contributed by atoms with Crippen molar-refractivity contribution in [2.45, 2.75) is 26.5 Å². The van der Waals surface area contributed by atoms with Crippen LogP contribution in [-0.4, -0.2) is 36.9 Å². The van der Waals surface area contributed by atoms with Gasteiger partial charge in [-0.15, -0.1) is 10.2 Å². The molecule has 0 bridgehead atoms. The number of rotatable bonds is 7. The number of aliphatic hydroxyl groups excluding tert-OH is 1. The molecule has 0 radical (unpaired) electrons. The minimum Gasteiger partial charge on any atom is -0.493 e. The Labute approximate surface area is 184 Å². The number of imidazole rings is 1. The number of aliphatic hydroxyl groups is 1. The summed E-state index contributed by atoms with van der Waals surface area (Å²) in [5, 5.41) is 21.6. The van der Waals surface area contributed by atoms with Crippen LogP contribution < -0.4 is 10.1 Å². The van der Waals surface area contributed by atoms with Crippen molar-refractivity contribution in [1.82, 2.24) is 24.7 Å². The van der Waals surface area contributed by atoms with Gasteiger partial charge in [0.1, 0.15) is 11.5 Å². The molecule has 164 valence electrons. The van der Waals surface area contributed by atoms with Gasteiger partial charge in [-0.2, -0.15) is 0 Å². The van der Waals surface area contributed by atoms with E-state index in [1.165, 1.54) is 12.1 Å². The molecular weight excluding hydrogens is 411 g/mol. The molecule has 4 aromatic rings. The van der Waals surface area contributed by atoms with Crippen molar-refractivity contribution in [3.8, 4) is 22.8 Å². The van der Waals surface area contributed by atoms with E-state index in [1.807, 2.05) is 36.7 Å². The number of aromatic nitrogens is 5. The van der Waals surface area contributed by atoms with Gasteiger partial charge in [0.25, 0.3) is 0 Å². The van der Waals surface area contributed by atoms with Crippen LogP contribution in [0.25, 0.3) is 17.1 Å². The average Bonchev–Trinajstić information content (AvgIpc) is 3.25. The summed E-state index contributed by atoms with van der Waals surface area (Å²) in [6, 6.07) is 11.5. The van der Waals surface area contributed by atoms with E-state index in [4.69, 9.17) is 4.74 Å². The zero-order valence-corrected chi connectivity index (χ0v) is 18.0. The molecule has 1 aromatic carbocycles. The number of methoxy groups -OCH3 is 1. The molecule has 3 heterocycles. The summed E-state index contributed by atoms with van der Waals surface area (Å²) in [4.78, 5) is 8.78. The summed E-state index contributed by atoms with van der Waals surface area (Å²) in [5.74, 6) is 0.665. The predicted octanol–water partition coefficient (Wildman–Crippen LogP) is 3.85. The number of nitrogens with zero attached hydrogens (tertiary/aromatic N) is 5. The van der Waals surface area contributed by atoms with Crippen molar-refractivity contribution in [3.05, 3.63) is 77.8 Å². The second-order valence-electron chi connectivity index (χ2n) is 7.31. The lowest BCUT2D eigenvalue weighted by Crippen LogP contribution is -2.10. The quantitative estimate of drug-likeness (QED) is 0.456. The number of hydrogen-bond acceptors (Lipinski definition) is 7. The molecule has 0 aliphatic carbocycles. The number of aryl methyl sites for hydroxylation is 1. The minimum atomic E-state index is -0.286. The Kier molecular flexibility index (Phi) is 6.09. The van der Waals surface area contributed by atoms with Gasteiger partial charge in [-0.25, -0.2) is 14.4 Å². The van der Waals surface area contributed by atoms with Crippen molar-refractivity contribution >= 4 is 5.82 Å². The van der Waals surface area contributed by atoms with Crippen LogP contribution in [-0.2, 0) is 6.61 Å². The smallest absolute Gasteiger partial charge is 0.191 e. The molecule has 0 amide bonds. The Morgan fingerprint density at radius 1 is 1.12 bits per heavy atom. The third kappa shape index (κ3) is 4.42. The van der Waals surface area contributed by atoms with E-state index in [1.54, 1.807) is 31.6 Å². The van der Waals surface area contributed by atoms with E-state index >= 15 is 0 Å². The van der Waals surface area contributed by atoms with Crippen LogP contribution in [0.4, 0.5) is 10.2 Å². The first-order chi connectivity index (χ1) is 15.5. The van der Waals surface area contributed by atoms with Gasteiger partial charge in [0, 0.05) is 12.3 Å². The maximum Gasteiger partial charge on any atom is 0.191 e. The molecule has 4 rings (SSSR count). The molecule has 1 atom stereocenters. The number of benzene rings is 1. The molecular formula is C23H23FN6O2. The van der Waals surface area contributed by atoms with E-state index < -0.39 is 0 Å². The summed E-state index contributed by atoms with van der Waals surface area (Å²) in [6.07, 6.45) is 3.54. The number of halogens is 1. The van der Waals surface area contributed by atoms with Crippen LogP contribution in [0.5, 0.6) is 5.75 Å². The molecule has 2 N–H and O–H groups in total. The minimum absolute atomic E-state index is 0.137. The van der Waals surface area contributed by atoms with Gasteiger partial charge >= 0.3 is 0 Å². The lowest BCUT2D eigenvalue weighted by Gasteiger charge is -2.17. The second kappa shape index (κ2) is 9.11. The van der Waals surface area contributed by atoms with Crippen LogP contribution in [0.1, 0.15) is 29.9 Å². The highest BCUT2D eigenvalue weighted by molar-refractivity contribution is 5.62. The first-order valence-electron chi connectivity index (χ1n) is 10.0. The molecule has 0 aliphatic heterocycles. The van der Waals surface area contributed by atoms with Crippen LogP contribution in [0.3, 0.4) is 0 Å². The molecule has 32 heavy (non-hydrogen) atoms. The number of hydrogen-bond donors (Lipinski definition) is 2. The zero-order valence-electron chi connectivity index (χ0n) is 18.0. The predicted molar refractivity (Wildman–Crippen MR) is 118 cm³/mol. The van der Waals surface area contributed by atoms with Gasteiger partial charge in [-0.05, 0) is 43.7 Å². The fourth-order valence-corrected chi connectivity index (χ4v) is 3.34. The summed E-state index contributed by atoms with van der Waals surface area (Å²) >= 11 is 0. The fourth-order valence-electron chi connectivity index (χ4n) is 3.34. The summed E-state index contributed by atoms with van der Waals surface area (Å²) in [7, 11) is 1.55. The highest BCUT2D eigenvalue weighted by Gasteiger charge is 2.15. The fraction of sp³-hybridized carbons (Fsp3) is 0.217. The molecule has 8 nitrogen and oxygen atoms in total. The molecule has 9 heteroatoms. The highest BCUT2D eigenvalue weighted by atomic mass is 19.1. The third-order valence-corrected chi connectivity index (χ3v) is 5.05. The highest BCUT2D eigenvalue weighted by Crippen LogP contribution is 2.29. The molecule has 3 aromatic heterocycles. The normalized spacial score (nSPS) is 11.9. The largest absolute Gasteiger partial charge is 0.493 e. The van der Waals surface area contributed by atoms with E-state index in [0.29, 0.717) is 28.6 Å². The standard InChI is InChI=1S/C23H23FN6O2/c1-14-11-30(13-25-14)21-9-8-18(27-20(21)12-31)19-10-22(32-3)23(29-28-19)26-15(2)16-4-6-17(24)7-5-16/h4-11,13,15,31H,12H2,1-3H3,(H,26,29)/t15-/m0/s1. The Morgan fingerprint density at radius 2 is 1.91 bits per heavy atom. The maximum atomic E-state index is 13.2. The van der Waals surface area contributed by atoms with E-state index in [-0.39, 0.29) is 18.5 Å². The molecule has 0 saturated heterocycles. The van der Waals surface area contributed by atoms with Crippen LogP contribution in [0.15, 0.2) is 55.0 Å². The first-order valence-corrected chi connectivity index (χ1v) is 10.0. The SMILES string of the molecule is COc1cc(-c2ccc(-n3cnc(C)c3)c(CO)n2)nnc1N[C@@H](C)c1ccc(F)cc1. The van der Waals surface area contributed by atoms with Gasteiger partial charge < -0.3 is 19.7 Å². The number of anilines is 1. The Morgan fingerprint density at radius 3 is 2.56 bits per heavy atom.